The van der Waals surface area contributed by atoms with E-state index in [2.05, 4.69) is 26.8 Å². The van der Waals surface area contributed by atoms with Crippen molar-refractivity contribution in [2.45, 2.75) is 26.2 Å². The average Bonchev–Trinajstić information content (AvgIpc) is 3.26. The Hall–Kier alpha value is -4.71. The summed E-state index contributed by atoms with van der Waals surface area (Å²) in [5.74, 6) is 0.518. The fraction of sp³-hybridized carbons (Fsp3) is 0.154. The van der Waals surface area contributed by atoms with E-state index in [0.717, 1.165) is 5.69 Å². The second kappa shape index (κ2) is 9.65. The predicted molar refractivity (Wildman–Crippen MR) is 130 cm³/mol. The van der Waals surface area contributed by atoms with Crippen LogP contribution in [0.2, 0.25) is 0 Å². The van der Waals surface area contributed by atoms with Gasteiger partial charge in [0, 0.05) is 29.9 Å². The molecule has 0 aliphatic heterocycles. The van der Waals surface area contributed by atoms with E-state index in [1.165, 1.54) is 12.1 Å². The summed E-state index contributed by atoms with van der Waals surface area (Å²) < 4.78 is 21.8. The minimum atomic E-state index is -0.655. The summed E-state index contributed by atoms with van der Waals surface area (Å²) in [6, 6.07) is 17.5. The molecule has 9 heteroatoms. The zero-order chi connectivity index (χ0) is 25.0. The fourth-order valence-corrected chi connectivity index (χ4v) is 3.21. The van der Waals surface area contributed by atoms with Crippen LogP contribution in [-0.2, 0) is 5.41 Å². The maximum absolute atomic E-state index is 14.7. The number of hydrogen-bond donors (Lipinski definition) is 2. The largest absolute Gasteiger partial charge is 0.457 e. The van der Waals surface area contributed by atoms with Crippen LogP contribution in [0, 0.1) is 17.1 Å². The Morgan fingerprint density at radius 1 is 1.03 bits per heavy atom. The Kier molecular flexibility index (Phi) is 6.46. The van der Waals surface area contributed by atoms with Crippen LogP contribution in [0.15, 0.2) is 73.1 Å². The fourth-order valence-electron chi connectivity index (χ4n) is 3.21. The molecule has 0 aliphatic carbocycles. The first-order valence-corrected chi connectivity index (χ1v) is 10.8. The summed E-state index contributed by atoms with van der Waals surface area (Å²) in [5, 5.41) is 19.1. The predicted octanol–water partition coefficient (Wildman–Crippen LogP) is 6.01. The third-order valence-corrected chi connectivity index (χ3v) is 5.01. The number of anilines is 2. The lowest BCUT2D eigenvalue weighted by Crippen LogP contribution is -2.22. The van der Waals surface area contributed by atoms with Crippen LogP contribution in [0.3, 0.4) is 0 Å². The van der Waals surface area contributed by atoms with E-state index >= 15 is 0 Å². The van der Waals surface area contributed by atoms with Crippen LogP contribution >= 0.6 is 0 Å². The van der Waals surface area contributed by atoms with Crippen molar-refractivity contribution in [1.29, 1.82) is 5.26 Å². The third-order valence-electron chi connectivity index (χ3n) is 5.01. The lowest BCUT2D eigenvalue weighted by Gasteiger charge is -2.14. The lowest BCUT2D eigenvalue weighted by molar-refractivity contribution is 0.262. The second-order valence-electron chi connectivity index (χ2n) is 8.74. The van der Waals surface area contributed by atoms with E-state index in [-0.39, 0.29) is 16.9 Å². The maximum atomic E-state index is 14.7. The molecule has 0 bridgehead atoms. The smallest absolute Gasteiger partial charge is 0.324 e. The summed E-state index contributed by atoms with van der Waals surface area (Å²) >= 11 is 0. The number of halogens is 1. The van der Waals surface area contributed by atoms with Gasteiger partial charge in [0.1, 0.15) is 23.1 Å². The highest BCUT2D eigenvalue weighted by Crippen LogP contribution is 2.28. The molecule has 8 nitrogen and oxygen atoms in total. The summed E-state index contributed by atoms with van der Waals surface area (Å²) in [4.78, 5) is 16.7. The molecule has 0 atom stereocenters. The molecule has 0 unspecified atom stereocenters. The van der Waals surface area contributed by atoms with Gasteiger partial charge in [-0.1, -0.05) is 26.8 Å². The van der Waals surface area contributed by atoms with Gasteiger partial charge in [0.15, 0.2) is 0 Å². The van der Waals surface area contributed by atoms with Crippen molar-refractivity contribution in [3.63, 3.8) is 0 Å². The number of urea groups is 1. The number of nitrogens with one attached hydrogen (secondary N) is 2. The number of carbonyl (C=O) groups excluding carboxylic acids is 1. The van der Waals surface area contributed by atoms with Gasteiger partial charge in [-0.15, -0.1) is 0 Å². The molecule has 4 aromatic rings. The van der Waals surface area contributed by atoms with Crippen molar-refractivity contribution in [3.05, 3.63) is 90.1 Å². The number of pyridine rings is 1. The molecule has 0 fully saturated rings. The van der Waals surface area contributed by atoms with Gasteiger partial charge in [0.05, 0.1) is 28.7 Å². The molecule has 0 saturated carbocycles. The Morgan fingerprint density at radius 2 is 1.80 bits per heavy atom. The van der Waals surface area contributed by atoms with Crippen molar-refractivity contribution in [2.75, 3.05) is 10.6 Å². The summed E-state index contributed by atoms with van der Waals surface area (Å²) in [5.41, 5.74) is 1.50. The van der Waals surface area contributed by atoms with E-state index in [1.807, 2.05) is 20.8 Å². The molecule has 0 aliphatic rings. The molecular formula is C26H23FN6O2. The molecule has 0 saturated heterocycles. The maximum Gasteiger partial charge on any atom is 0.324 e. The highest BCUT2D eigenvalue weighted by atomic mass is 19.1. The first-order valence-electron chi connectivity index (χ1n) is 10.8. The van der Waals surface area contributed by atoms with Crippen LogP contribution in [0.5, 0.6) is 11.5 Å². The Balaban J connectivity index is 1.54. The van der Waals surface area contributed by atoms with E-state index in [9.17, 15) is 14.4 Å². The van der Waals surface area contributed by atoms with Crippen molar-refractivity contribution < 1.29 is 13.9 Å². The van der Waals surface area contributed by atoms with Crippen molar-refractivity contribution in [2.24, 2.45) is 0 Å². The Bertz CT molecular complexity index is 1400. The van der Waals surface area contributed by atoms with E-state index in [4.69, 9.17) is 4.74 Å². The van der Waals surface area contributed by atoms with Crippen LogP contribution in [0.25, 0.3) is 5.69 Å². The first kappa shape index (κ1) is 23.4. The lowest BCUT2D eigenvalue weighted by atomic mass is 9.92. The summed E-state index contributed by atoms with van der Waals surface area (Å²) in [7, 11) is 0. The highest BCUT2D eigenvalue weighted by molar-refractivity contribution is 5.99. The number of amides is 2. The molecule has 2 heterocycles. The van der Waals surface area contributed by atoms with Crippen LogP contribution in [0.1, 0.15) is 32.0 Å². The summed E-state index contributed by atoms with van der Waals surface area (Å²) in [6.07, 6.45) is 3.14. The molecule has 2 aromatic carbocycles. The molecule has 0 radical (unpaired) electrons. The molecule has 2 aromatic heterocycles. The number of nitrogens with zero attached hydrogens (tertiary/aromatic N) is 4. The highest BCUT2D eigenvalue weighted by Gasteiger charge is 2.22. The van der Waals surface area contributed by atoms with Crippen molar-refractivity contribution >= 4 is 17.5 Å². The number of carbonyl (C=O) groups is 1. The quantitative estimate of drug-likeness (QED) is 0.372. The average molecular weight is 471 g/mol. The van der Waals surface area contributed by atoms with Gasteiger partial charge in [-0.3, -0.25) is 10.3 Å². The monoisotopic (exact) mass is 470 g/mol. The standard InChI is InChI=1S/C26H23FN6O2/c1-26(2,3)23-15-24(33(32-23)18-6-4-5-17(13-18)16-28)31-25(34)30-22-8-7-20(14-21(22)27)35-19-9-11-29-12-10-19/h4-15H,1-3H3,(H2,30,31,34). The van der Waals surface area contributed by atoms with Gasteiger partial charge >= 0.3 is 6.03 Å². The van der Waals surface area contributed by atoms with Crippen LogP contribution in [-0.4, -0.2) is 20.8 Å². The van der Waals surface area contributed by atoms with Crippen LogP contribution in [0.4, 0.5) is 20.7 Å². The van der Waals surface area contributed by atoms with Crippen molar-refractivity contribution in [1.82, 2.24) is 14.8 Å². The van der Waals surface area contributed by atoms with Gasteiger partial charge < -0.3 is 10.1 Å². The number of rotatable bonds is 5. The van der Waals surface area contributed by atoms with Crippen molar-refractivity contribution in [3.8, 4) is 23.3 Å². The van der Waals surface area contributed by atoms with E-state index in [0.29, 0.717) is 22.8 Å². The zero-order valence-electron chi connectivity index (χ0n) is 19.4. The first-order chi connectivity index (χ1) is 16.7. The number of aromatic nitrogens is 3. The van der Waals surface area contributed by atoms with Gasteiger partial charge in [-0.05, 0) is 42.5 Å². The topological polar surface area (TPSA) is 105 Å². The van der Waals surface area contributed by atoms with Gasteiger partial charge in [0.2, 0.25) is 0 Å². The second-order valence-corrected chi connectivity index (χ2v) is 8.74. The number of benzene rings is 2. The van der Waals surface area contributed by atoms with Gasteiger partial charge in [0.25, 0.3) is 0 Å². The van der Waals surface area contributed by atoms with E-state index < -0.39 is 11.8 Å². The van der Waals surface area contributed by atoms with Gasteiger partial charge in [-0.2, -0.15) is 10.4 Å². The third kappa shape index (κ3) is 5.62. The molecule has 2 N–H and O–H groups in total. The molecule has 35 heavy (non-hydrogen) atoms. The molecular weight excluding hydrogens is 447 g/mol. The number of nitriles is 1. The number of hydrogen-bond acceptors (Lipinski definition) is 5. The normalized spacial score (nSPS) is 10.9. The molecule has 0 spiro atoms. The minimum absolute atomic E-state index is 0.0156. The Labute approximate surface area is 202 Å². The van der Waals surface area contributed by atoms with Gasteiger partial charge in [-0.25, -0.2) is 13.9 Å². The van der Waals surface area contributed by atoms with E-state index in [1.54, 1.807) is 65.6 Å². The molecule has 4 rings (SSSR count). The summed E-state index contributed by atoms with van der Waals surface area (Å²) in [6.45, 7) is 6.00. The minimum Gasteiger partial charge on any atom is -0.457 e. The SMILES string of the molecule is CC(C)(C)c1cc(NC(=O)Nc2ccc(Oc3ccncc3)cc2F)n(-c2cccc(C#N)c2)n1. The molecule has 176 valence electrons. The zero-order valence-corrected chi connectivity index (χ0v) is 19.4. The number of ether oxygens (including phenoxy) is 1. The van der Waals surface area contributed by atoms with Crippen LogP contribution < -0.4 is 15.4 Å². The molecule has 2 amide bonds. The Morgan fingerprint density at radius 3 is 2.49 bits per heavy atom.